The fraction of sp³-hybridized carbons (Fsp3) is 0.0909. The Balaban J connectivity index is 1.52. The molecule has 0 aliphatic carbocycles. The van der Waals surface area contributed by atoms with Crippen LogP contribution in [0.4, 0.5) is 5.69 Å². The van der Waals surface area contributed by atoms with Gasteiger partial charge in [-0.25, -0.2) is 13.4 Å². The van der Waals surface area contributed by atoms with Gasteiger partial charge in [-0.15, -0.1) is 0 Å². The molecule has 0 atom stereocenters. The summed E-state index contributed by atoms with van der Waals surface area (Å²) in [6.07, 6.45) is 0. The van der Waals surface area contributed by atoms with E-state index in [0.29, 0.717) is 28.1 Å². The van der Waals surface area contributed by atoms with E-state index in [1.807, 2.05) is 6.07 Å². The Morgan fingerprint density at radius 1 is 1.12 bits per heavy atom. The Bertz CT molecular complexity index is 1400. The Morgan fingerprint density at radius 2 is 1.88 bits per heavy atom. The molecular weight excluding hydrogens is 516 g/mol. The van der Waals surface area contributed by atoms with E-state index >= 15 is 0 Å². The minimum atomic E-state index is -3.87. The van der Waals surface area contributed by atoms with Gasteiger partial charge in [-0.3, -0.25) is 9.52 Å². The van der Waals surface area contributed by atoms with Gasteiger partial charge in [-0.1, -0.05) is 58.0 Å². The van der Waals surface area contributed by atoms with Gasteiger partial charge in [0.15, 0.2) is 11.4 Å². The molecule has 1 heterocycles. The number of carbonyl (C=O) groups excluding carboxylic acids is 1. The number of para-hydroxylation sites is 2. The number of anilines is 1. The molecule has 4 aromatic rings. The molecule has 10 heteroatoms. The Hall–Kier alpha value is -2.82. The summed E-state index contributed by atoms with van der Waals surface area (Å²) in [4.78, 5) is 16.8. The second-order valence-electron chi connectivity index (χ2n) is 6.61. The van der Waals surface area contributed by atoms with Crippen LogP contribution < -0.4 is 9.46 Å². The SMILES string of the molecule is COc1ccccc1NS(=O)(=O)c1ccc2oc(SCC(=O)c3ccccc3Br)nc2c1. The maximum absolute atomic E-state index is 12.8. The molecule has 0 radical (unpaired) electrons. The molecule has 0 aliphatic rings. The molecule has 0 saturated carbocycles. The largest absolute Gasteiger partial charge is 0.495 e. The Kier molecular flexibility index (Phi) is 6.54. The van der Waals surface area contributed by atoms with Crippen molar-refractivity contribution in [2.75, 3.05) is 17.6 Å². The number of hydrogen-bond donors (Lipinski definition) is 1. The predicted octanol–water partition coefficient (Wildman–Crippen LogP) is 5.37. The van der Waals surface area contributed by atoms with Gasteiger partial charge in [0.1, 0.15) is 11.3 Å². The number of nitrogens with one attached hydrogen (secondary N) is 1. The van der Waals surface area contributed by atoms with Gasteiger partial charge in [-0.05, 0) is 36.4 Å². The van der Waals surface area contributed by atoms with E-state index in [0.717, 1.165) is 16.2 Å². The zero-order valence-corrected chi connectivity index (χ0v) is 20.0. The summed E-state index contributed by atoms with van der Waals surface area (Å²) < 4.78 is 39.8. The van der Waals surface area contributed by atoms with Gasteiger partial charge in [0.05, 0.1) is 23.4 Å². The average molecular weight is 533 g/mol. The molecule has 0 amide bonds. The second kappa shape index (κ2) is 9.35. The highest BCUT2D eigenvalue weighted by atomic mass is 79.9. The summed E-state index contributed by atoms with van der Waals surface area (Å²) in [6.45, 7) is 0. The summed E-state index contributed by atoms with van der Waals surface area (Å²) >= 11 is 4.52. The van der Waals surface area contributed by atoms with E-state index in [9.17, 15) is 13.2 Å². The van der Waals surface area contributed by atoms with Crippen LogP contribution in [-0.4, -0.2) is 32.0 Å². The lowest BCUT2D eigenvalue weighted by atomic mass is 10.1. The van der Waals surface area contributed by atoms with Crippen LogP contribution in [0.1, 0.15) is 10.4 Å². The fourth-order valence-corrected chi connectivity index (χ4v) is 5.26. The Morgan fingerprint density at radius 3 is 2.66 bits per heavy atom. The third-order valence-corrected chi connectivity index (χ3v) is 7.38. The van der Waals surface area contributed by atoms with Crippen LogP contribution in [-0.2, 0) is 10.0 Å². The zero-order valence-electron chi connectivity index (χ0n) is 16.7. The van der Waals surface area contributed by atoms with E-state index < -0.39 is 10.0 Å². The zero-order chi connectivity index (χ0) is 22.7. The summed E-state index contributed by atoms with van der Waals surface area (Å²) in [5.41, 5.74) is 1.71. The highest BCUT2D eigenvalue weighted by molar-refractivity contribution is 9.10. The predicted molar refractivity (Wildman–Crippen MR) is 127 cm³/mol. The van der Waals surface area contributed by atoms with Crippen molar-refractivity contribution < 1.29 is 22.4 Å². The van der Waals surface area contributed by atoms with E-state index in [1.165, 1.54) is 19.2 Å². The van der Waals surface area contributed by atoms with E-state index in [2.05, 4.69) is 25.6 Å². The molecular formula is C22H17BrN2O5S2. The van der Waals surface area contributed by atoms with Crippen molar-refractivity contribution >= 4 is 60.3 Å². The summed E-state index contributed by atoms with van der Waals surface area (Å²) in [7, 11) is -2.41. The molecule has 0 bridgehead atoms. The number of rotatable bonds is 8. The van der Waals surface area contributed by atoms with Crippen LogP contribution in [0.2, 0.25) is 0 Å². The third-order valence-electron chi connectivity index (χ3n) is 4.50. The highest BCUT2D eigenvalue weighted by Gasteiger charge is 2.19. The number of ketones is 1. The molecule has 4 rings (SSSR count). The van der Waals surface area contributed by atoms with Crippen molar-refractivity contribution in [2.45, 2.75) is 10.1 Å². The van der Waals surface area contributed by atoms with Gasteiger partial charge in [0.2, 0.25) is 0 Å². The highest BCUT2D eigenvalue weighted by Crippen LogP contribution is 2.29. The van der Waals surface area contributed by atoms with Crippen molar-refractivity contribution in [1.29, 1.82) is 0 Å². The fourth-order valence-electron chi connectivity index (χ4n) is 2.94. The third kappa shape index (κ3) is 4.82. The van der Waals surface area contributed by atoms with Crippen molar-refractivity contribution in [3.8, 4) is 5.75 Å². The average Bonchev–Trinajstić information content (AvgIpc) is 3.20. The number of hydrogen-bond acceptors (Lipinski definition) is 7. The lowest BCUT2D eigenvalue weighted by molar-refractivity contribution is 0.102. The van der Waals surface area contributed by atoms with Crippen LogP contribution in [0.15, 0.2) is 85.7 Å². The first-order valence-electron chi connectivity index (χ1n) is 9.34. The van der Waals surface area contributed by atoms with E-state index in [4.69, 9.17) is 9.15 Å². The molecule has 32 heavy (non-hydrogen) atoms. The minimum absolute atomic E-state index is 0.0325. The van der Waals surface area contributed by atoms with Crippen molar-refractivity contribution in [1.82, 2.24) is 4.98 Å². The normalized spacial score (nSPS) is 11.4. The molecule has 0 aliphatic heterocycles. The molecule has 1 N–H and O–H groups in total. The first kappa shape index (κ1) is 22.4. The molecule has 0 unspecified atom stereocenters. The van der Waals surface area contributed by atoms with Crippen molar-refractivity contribution in [3.63, 3.8) is 0 Å². The smallest absolute Gasteiger partial charge is 0.262 e. The Labute approximate surface area is 197 Å². The maximum Gasteiger partial charge on any atom is 0.262 e. The van der Waals surface area contributed by atoms with Crippen LogP contribution in [0.3, 0.4) is 0 Å². The first-order valence-corrected chi connectivity index (χ1v) is 12.6. The second-order valence-corrected chi connectivity index (χ2v) is 10.1. The maximum atomic E-state index is 12.8. The van der Waals surface area contributed by atoms with Gasteiger partial charge in [-0.2, -0.15) is 0 Å². The van der Waals surface area contributed by atoms with Crippen molar-refractivity contribution in [2.24, 2.45) is 0 Å². The van der Waals surface area contributed by atoms with Gasteiger partial charge >= 0.3 is 0 Å². The lowest BCUT2D eigenvalue weighted by Crippen LogP contribution is -2.13. The number of thioether (sulfide) groups is 1. The van der Waals surface area contributed by atoms with E-state index in [1.54, 1.807) is 48.5 Å². The van der Waals surface area contributed by atoms with E-state index in [-0.39, 0.29) is 21.7 Å². The number of halogens is 1. The molecule has 164 valence electrons. The summed E-state index contributed by atoms with van der Waals surface area (Å²) in [6, 6.07) is 18.3. The monoisotopic (exact) mass is 532 g/mol. The number of Topliss-reactive ketones (excluding diaryl/α,β-unsaturated/α-hetero) is 1. The van der Waals surface area contributed by atoms with Crippen LogP contribution in [0.25, 0.3) is 11.1 Å². The molecule has 3 aromatic carbocycles. The van der Waals surface area contributed by atoms with Crippen molar-refractivity contribution in [3.05, 3.63) is 76.8 Å². The number of oxazole rings is 1. The standard InChI is InChI=1S/C22H17BrN2O5S2/c1-29-20-9-5-4-8-17(20)25-32(27,28)14-10-11-21-18(12-14)24-22(30-21)31-13-19(26)15-6-2-3-7-16(15)23/h2-12,25H,13H2,1H3. The van der Waals surface area contributed by atoms with Crippen LogP contribution >= 0.6 is 27.7 Å². The number of carbonyl (C=O) groups is 1. The number of ether oxygens (including phenoxy) is 1. The number of methoxy groups -OCH3 is 1. The topological polar surface area (TPSA) is 98.5 Å². The molecule has 0 fully saturated rings. The molecule has 7 nitrogen and oxygen atoms in total. The number of benzene rings is 3. The number of aromatic nitrogens is 1. The molecule has 0 saturated heterocycles. The number of sulfonamides is 1. The van der Waals surface area contributed by atoms with Gasteiger partial charge in [0.25, 0.3) is 15.2 Å². The number of nitrogens with zero attached hydrogens (tertiary/aromatic N) is 1. The molecule has 1 aromatic heterocycles. The van der Waals surface area contributed by atoms with Crippen LogP contribution in [0.5, 0.6) is 5.75 Å². The van der Waals surface area contributed by atoms with Crippen LogP contribution in [0, 0.1) is 0 Å². The summed E-state index contributed by atoms with van der Waals surface area (Å²) in [5, 5.41) is 0.285. The minimum Gasteiger partial charge on any atom is -0.495 e. The first-order chi connectivity index (χ1) is 15.4. The number of fused-ring (bicyclic) bond motifs is 1. The lowest BCUT2D eigenvalue weighted by Gasteiger charge is -2.11. The summed E-state index contributed by atoms with van der Waals surface area (Å²) in [5.74, 6) is 0.469. The quantitative estimate of drug-likeness (QED) is 0.240. The molecule has 0 spiro atoms. The van der Waals surface area contributed by atoms with Gasteiger partial charge < -0.3 is 9.15 Å². The van der Waals surface area contributed by atoms with Gasteiger partial charge in [0, 0.05) is 10.0 Å².